The Morgan fingerprint density at radius 2 is 1.89 bits per heavy atom. The minimum Gasteiger partial charge on any atom is -0.452 e. The highest BCUT2D eigenvalue weighted by Gasteiger charge is 2.18. The summed E-state index contributed by atoms with van der Waals surface area (Å²) in [5, 5.41) is 10.1. The monoisotopic (exact) mass is 491 g/mol. The van der Waals surface area contributed by atoms with E-state index in [-0.39, 0.29) is 40.3 Å². The lowest BCUT2D eigenvalue weighted by molar-refractivity contribution is 0.102. The van der Waals surface area contributed by atoms with Gasteiger partial charge in [-0.3, -0.25) is 14.3 Å². The number of carbonyl (C=O) groups is 1. The lowest BCUT2D eigenvalue weighted by Gasteiger charge is -2.12. The molecule has 2 aromatic carbocycles. The fourth-order valence-corrected chi connectivity index (χ4v) is 3.70. The van der Waals surface area contributed by atoms with Gasteiger partial charge in [-0.2, -0.15) is 0 Å². The fourth-order valence-electron chi connectivity index (χ4n) is 3.70. The molecule has 0 atom stereocenters. The maximum Gasteiger partial charge on any atom is 0.328 e. The molecule has 3 heterocycles. The number of nitrogens with zero attached hydrogens (tertiary/aromatic N) is 5. The second-order valence-corrected chi connectivity index (χ2v) is 8.10. The first-order valence-corrected chi connectivity index (χ1v) is 10.9. The van der Waals surface area contributed by atoms with E-state index >= 15 is 0 Å². The molecule has 12 heteroatoms. The molecule has 0 aliphatic carbocycles. The summed E-state index contributed by atoms with van der Waals surface area (Å²) in [5.74, 6) is -1.80. The Morgan fingerprint density at radius 3 is 2.64 bits per heavy atom. The first-order valence-electron chi connectivity index (χ1n) is 10.9. The smallest absolute Gasteiger partial charge is 0.328 e. The van der Waals surface area contributed by atoms with Gasteiger partial charge in [0, 0.05) is 30.1 Å². The number of aromatic nitrogens is 6. The van der Waals surface area contributed by atoms with Crippen LogP contribution < -0.4 is 15.7 Å². The Labute approximate surface area is 202 Å². The van der Waals surface area contributed by atoms with Crippen molar-refractivity contribution in [1.29, 1.82) is 0 Å². The van der Waals surface area contributed by atoms with Crippen LogP contribution in [0.3, 0.4) is 0 Å². The number of benzene rings is 2. The molecule has 0 unspecified atom stereocenters. The van der Waals surface area contributed by atoms with Crippen molar-refractivity contribution in [2.24, 2.45) is 0 Å². The first-order chi connectivity index (χ1) is 17.3. The molecular weight excluding hydrogens is 472 g/mol. The number of halogens is 2. The van der Waals surface area contributed by atoms with Crippen molar-refractivity contribution >= 4 is 22.8 Å². The number of rotatable bonds is 6. The van der Waals surface area contributed by atoms with Crippen molar-refractivity contribution in [3.63, 3.8) is 0 Å². The average molecular weight is 491 g/mol. The first kappa shape index (κ1) is 22.9. The van der Waals surface area contributed by atoms with Crippen molar-refractivity contribution in [1.82, 2.24) is 29.5 Å². The number of carbonyl (C=O) groups excluding carboxylic acids is 1. The van der Waals surface area contributed by atoms with Crippen LogP contribution in [0.4, 0.5) is 14.5 Å². The van der Waals surface area contributed by atoms with Gasteiger partial charge in [0.15, 0.2) is 28.7 Å². The highest BCUT2D eigenvalue weighted by molar-refractivity contribution is 6.02. The second kappa shape index (κ2) is 9.06. The third-order valence-corrected chi connectivity index (χ3v) is 5.32. The van der Waals surface area contributed by atoms with E-state index < -0.39 is 17.5 Å². The highest BCUT2D eigenvalue weighted by Crippen LogP contribution is 2.31. The van der Waals surface area contributed by atoms with Crippen LogP contribution in [0.25, 0.3) is 16.9 Å². The number of nitrogens with one attached hydrogen (secondary N) is 2. The van der Waals surface area contributed by atoms with Crippen LogP contribution in [-0.4, -0.2) is 35.4 Å². The van der Waals surface area contributed by atoms with Crippen LogP contribution in [0.2, 0.25) is 0 Å². The molecule has 5 rings (SSSR count). The molecule has 0 radical (unpaired) electrons. The minimum atomic E-state index is -0.748. The van der Waals surface area contributed by atoms with Gasteiger partial charge in [0.1, 0.15) is 17.0 Å². The number of ether oxygens (including phenoxy) is 1. The number of aromatic amines is 1. The number of hydrogen-bond acceptors (Lipinski definition) is 6. The van der Waals surface area contributed by atoms with Gasteiger partial charge in [0.25, 0.3) is 5.91 Å². The van der Waals surface area contributed by atoms with Crippen LogP contribution in [0, 0.1) is 11.6 Å². The minimum absolute atomic E-state index is 0.0859. The number of pyridine rings is 1. The molecule has 0 saturated carbocycles. The summed E-state index contributed by atoms with van der Waals surface area (Å²) in [4.78, 5) is 31.6. The molecule has 1 amide bonds. The van der Waals surface area contributed by atoms with E-state index in [2.05, 4.69) is 25.6 Å². The van der Waals surface area contributed by atoms with E-state index in [9.17, 15) is 18.4 Å². The van der Waals surface area contributed by atoms with Crippen LogP contribution in [0.1, 0.15) is 30.4 Å². The van der Waals surface area contributed by atoms with E-state index in [0.717, 1.165) is 10.7 Å². The molecule has 10 nitrogen and oxygen atoms in total. The van der Waals surface area contributed by atoms with Gasteiger partial charge < -0.3 is 10.1 Å². The Kier molecular flexibility index (Phi) is 5.76. The largest absolute Gasteiger partial charge is 0.452 e. The number of H-pyrrole nitrogens is 1. The summed E-state index contributed by atoms with van der Waals surface area (Å²) < 4.78 is 37.2. The molecule has 0 fully saturated rings. The van der Waals surface area contributed by atoms with E-state index in [1.807, 2.05) is 13.8 Å². The fraction of sp³-hybridized carbons (Fsp3) is 0.125. The molecule has 5 aromatic rings. The molecule has 3 aromatic heterocycles. The summed E-state index contributed by atoms with van der Waals surface area (Å²) in [5.41, 5.74) is 0.565. The number of para-hydroxylation sites is 1. The van der Waals surface area contributed by atoms with Crippen molar-refractivity contribution in [2.75, 3.05) is 5.32 Å². The molecule has 0 aliphatic rings. The third-order valence-electron chi connectivity index (χ3n) is 5.32. The average Bonchev–Trinajstić information content (AvgIpc) is 3.46. The predicted molar refractivity (Wildman–Crippen MR) is 126 cm³/mol. The van der Waals surface area contributed by atoms with Crippen LogP contribution in [0.5, 0.6) is 11.5 Å². The Hall–Kier alpha value is -4.87. The number of anilines is 1. The van der Waals surface area contributed by atoms with Crippen molar-refractivity contribution in [3.8, 4) is 17.2 Å². The molecule has 182 valence electrons. The summed E-state index contributed by atoms with van der Waals surface area (Å²) in [6, 6.07) is 11.1. The SMILES string of the molecule is CC(C)n1c(=O)[nH]c2nccc(Oc3ccc(NC(=O)c4cn(-c5ccccc5F)nn4)cc3F)c21. The summed E-state index contributed by atoms with van der Waals surface area (Å²) in [7, 11) is 0. The topological polar surface area (TPSA) is 120 Å². The van der Waals surface area contributed by atoms with Gasteiger partial charge in [-0.15, -0.1) is 5.10 Å². The van der Waals surface area contributed by atoms with Gasteiger partial charge in [0.2, 0.25) is 0 Å². The van der Waals surface area contributed by atoms with E-state index in [4.69, 9.17) is 4.74 Å². The van der Waals surface area contributed by atoms with Gasteiger partial charge in [0.05, 0.1) is 6.20 Å². The Morgan fingerprint density at radius 1 is 1.08 bits per heavy atom. The van der Waals surface area contributed by atoms with Crippen molar-refractivity contribution in [2.45, 2.75) is 19.9 Å². The van der Waals surface area contributed by atoms with E-state index in [1.54, 1.807) is 6.07 Å². The van der Waals surface area contributed by atoms with Crippen molar-refractivity contribution in [3.05, 3.63) is 88.7 Å². The maximum atomic E-state index is 14.9. The standard InChI is InChI=1S/C24H19F2N7O3/c1-13(2)33-21-20(9-10-27-22(21)29-24(33)35)36-19-8-7-14(11-16(19)26)28-23(34)17-12-32(31-30-17)18-6-4-3-5-15(18)25/h3-13H,1-2H3,(H,28,34)(H,27,29,35). The third kappa shape index (κ3) is 4.19. The maximum absolute atomic E-state index is 14.9. The quantitative estimate of drug-likeness (QED) is 0.367. The highest BCUT2D eigenvalue weighted by atomic mass is 19.1. The zero-order valence-corrected chi connectivity index (χ0v) is 19.1. The molecule has 0 spiro atoms. The van der Waals surface area contributed by atoms with Gasteiger partial charge in [-0.05, 0) is 38.1 Å². The summed E-state index contributed by atoms with van der Waals surface area (Å²) in [6.07, 6.45) is 2.71. The van der Waals surface area contributed by atoms with Gasteiger partial charge in [-0.1, -0.05) is 17.3 Å². The van der Waals surface area contributed by atoms with Gasteiger partial charge >= 0.3 is 5.69 Å². The van der Waals surface area contributed by atoms with Gasteiger partial charge in [-0.25, -0.2) is 23.2 Å². The zero-order chi connectivity index (χ0) is 25.4. The van der Waals surface area contributed by atoms with Crippen LogP contribution in [-0.2, 0) is 0 Å². The zero-order valence-electron chi connectivity index (χ0n) is 19.1. The summed E-state index contributed by atoms with van der Waals surface area (Å²) >= 11 is 0. The van der Waals surface area contributed by atoms with Crippen molar-refractivity contribution < 1.29 is 18.3 Å². The van der Waals surface area contributed by atoms with Crippen LogP contribution in [0.15, 0.2) is 65.7 Å². The van der Waals surface area contributed by atoms with E-state index in [0.29, 0.717) is 11.2 Å². The molecule has 0 saturated heterocycles. The Bertz CT molecular complexity index is 1660. The molecule has 2 N–H and O–H groups in total. The number of fused-ring (bicyclic) bond motifs is 1. The molecule has 0 aliphatic heterocycles. The number of amides is 1. The second-order valence-electron chi connectivity index (χ2n) is 8.10. The lowest BCUT2D eigenvalue weighted by Crippen LogP contribution is -2.18. The summed E-state index contributed by atoms with van der Waals surface area (Å²) in [6.45, 7) is 3.66. The van der Waals surface area contributed by atoms with E-state index in [1.165, 1.54) is 53.4 Å². The number of imidazole rings is 1. The molecule has 0 bridgehead atoms. The number of hydrogen-bond donors (Lipinski definition) is 2. The molecule has 36 heavy (non-hydrogen) atoms. The molecular formula is C24H19F2N7O3. The predicted octanol–water partition coefficient (Wildman–Crippen LogP) is 4.21. The van der Waals surface area contributed by atoms with Crippen LogP contribution >= 0.6 is 0 Å². The Balaban J connectivity index is 1.36. The lowest BCUT2D eigenvalue weighted by atomic mass is 10.2. The normalized spacial score (nSPS) is 11.2.